The Labute approximate surface area is 126 Å². The first-order valence-corrected chi connectivity index (χ1v) is 6.75. The number of carboxylic acids is 1. The summed E-state index contributed by atoms with van der Waals surface area (Å²) in [5.41, 5.74) is -2.87. The van der Waals surface area contributed by atoms with Crippen molar-refractivity contribution in [3.05, 3.63) is 22.8 Å². The van der Waals surface area contributed by atoms with Crippen LogP contribution in [0.2, 0.25) is 0 Å². The summed E-state index contributed by atoms with van der Waals surface area (Å²) < 4.78 is 5.12. The molecule has 0 radical (unpaired) electrons. The van der Waals surface area contributed by atoms with E-state index in [2.05, 4.69) is 0 Å². The van der Waals surface area contributed by atoms with Gasteiger partial charge in [-0.05, 0) is 19.4 Å². The first-order valence-electron chi connectivity index (χ1n) is 6.75. The molecule has 3 N–H and O–H groups in total. The number of benzene rings is 1. The number of aromatic carboxylic acids is 1. The van der Waals surface area contributed by atoms with E-state index in [1.165, 1.54) is 6.92 Å². The number of hydrogen-bond acceptors (Lipinski definition) is 6. The van der Waals surface area contributed by atoms with Crippen molar-refractivity contribution < 1.29 is 34.4 Å². The second-order valence-corrected chi connectivity index (χ2v) is 5.44. The van der Waals surface area contributed by atoms with Crippen molar-refractivity contribution in [1.82, 2.24) is 0 Å². The van der Waals surface area contributed by atoms with Crippen molar-refractivity contribution in [2.75, 3.05) is 0 Å². The maximum atomic E-state index is 12.5. The zero-order valence-corrected chi connectivity index (χ0v) is 12.3. The fraction of sp³-hybridized carbons (Fsp3) is 0.400. The van der Waals surface area contributed by atoms with Gasteiger partial charge in [-0.25, -0.2) is 9.59 Å². The quantitative estimate of drug-likeness (QED) is 0.725. The van der Waals surface area contributed by atoms with Gasteiger partial charge >= 0.3 is 11.9 Å². The summed E-state index contributed by atoms with van der Waals surface area (Å²) in [7, 11) is 0. The molecule has 0 fully saturated rings. The number of carbonyl (C=O) groups is 3. The number of fused-ring (bicyclic) bond motifs is 1. The lowest BCUT2D eigenvalue weighted by molar-refractivity contribution is -0.140. The minimum atomic E-state index is -1.66. The second-order valence-electron chi connectivity index (χ2n) is 5.44. The Morgan fingerprint density at radius 1 is 1.36 bits per heavy atom. The van der Waals surface area contributed by atoms with Gasteiger partial charge in [0.05, 0.1) is 0 Å². The number of cyclic esters (lactones) is 1. The van der Waals surface area contributed by atoms with Crippen LogP contribution in [-0.4, -0.2) is 33.0 Å². The molecule has 7 heteroatoms. The highest BCUT2D eigenvalue weighted by Gasteiger charge is 2.51. The molecule has 118 valence electrons. The van der Waals surface area contributed by atoms with Crippen molar-refractivity contribution in [3.63, 3.8) is 0 Å². The molecule has 1 aliphatic rings. The van der Waals surface area contributed by atoms with Crippen LogP contribution >= 0.6 is 0 Å². The van der Waals surface area contributed by atoms with Crippen molar-refractivity contribution in [3.8, 4) is 11.5 Å². The molecule has 1 aromatic carbocycles. The summed E-state index contributed by atoms with van der Waals surface area (Å²) in [5.74, 6) is -5.00. The van der Waals surface area contributed by atoms with Gasteiger partial charge < -0.3 is 20.1 Å². The normalized spacial score (nSPS) is 21.1. The zero-order chi connectivity index (χ0) is 16.8. The highest BCUT2D eigenvalue weighted by molar-refractivity contribution is 6.08. The fourth-order valence-electron chi connectivity index (χ4n) is 2.58. The van der Waals surface area contributed by atoms with E-state index in [0.717, 1.165) is 6.07 Å². The van der Waals surface area contributed by atoms with Crippen LogP contribution in [0.15, 0.2) is 6.07 Å². The van der Waals surface area contributed by atoms with Crippen molar-refractivity contribution in [2.24, 2.45) is 5.92 Å². The van der Waals surface area contributed by atoms with E-state index in [9.17, 15) is 24.6 Å². The van der Waals surface area contributed by atoms with Gasteiger partial charge in [-0.1, -0.05) is 13.8 Å². The molecule has 0 saturated carbocycles. The molecular formula is C15H16O7. The average Bonchev–Trinajstić information content (AvgIpc) is 2.69. The van der Waals surface area contributed by atoms with Gasteiger partial charge in [-0.15, -0.1) is 0 Å². The molecule has 2 rings (SSSR count). The maximum Gasteiger partial charge on any atom is 0.343 e. The number of ketones is 1. The van der Waals surface area contributed by atoms with Gasteiger partial charge in [0.2, 0.25) is 0 Å². The summed E-state index contributed by atoms with van der Waals surface area (Å²) in [6, 6.07) is 0.990. The van der Waals surface area contributed by atoms with E-state index in [-0.39, 0.29) is 11.3 Å². The minimum Gasteiger partial charge on any atom is -0.507 e. The zero-order valence-electron chi connectivity index (χ0n) is 12.3. The van der Waals surface area contributed by atoms with Crippen molar-refractivity contribution >= 4 is 17.7 Å². The molecule has 0 saturated heterocycles. The molecular weight excluding hydrogens is 292 g/mol. The fourth-order valence-corrected chi connectivity index (χ4v) is 2.58. The molecule has 7 nitrogen and oxygen atoms in total. The Morgan fingerprint density at radius 3 is 2.45 bits per heavy atom. The number of Topliss-reactive ketones (excluding diaryl/α,β-unsaturated/α-hetero) is 1. The average molecular weight is 308 g/mol. The lowest BCUT2D eigenvalue weighted by atomic mass is 9.83. The number of ether oxygens (including phenoxy) is 1. The van der Waals surface area contributed by atoms with E-state index >= 15 is 0 Å². The summed E-state index contributed by atoms with van der Waals surface area (Å²) >= 11 is 0. The monoisotopic (exact) mass is 308 g/mol. The van der Waals surface area contributed by atoms with Crippen LogP contribution < -0.4 is 0 Å². The van der Waals surface area contributed by atoms with Crippen LogP contribution in [0, 0.1) is 5.92 Å². The van der Waals surface area contributed by atoms with Crippen LogP contribution in [0.25, 0.3) is 0 Å². The van der Waals surface area contributed by atoms with Crippen molar-refractivity contribution in [2.45, 2.75) is 32.8 Å². The highest BCUT2D eigenvalue weighted by atomic mass is 16.6. The molecule has 1 aliphatic heterocycles. The number of rotatable bonds is 4. The molecule has 0 amide bonds. The molecule has 1 heterocycles. The number of hydrogen-bond donors (Lipinski definition) is 3. The number of phenols is 2. The molecule has 22 heavy (non-hydrogen) atoms. The smallest absolute Gasteiger partial charge is 0.343 e. The van der Waals surface area contributed by atoms with Crippen LogP contribution in [-0.2, 0) is 15.1 Å². The SMILES string of the molecule is CC[C@@H](C)C(=O)[C@]1(C)OC(=O)c2c1cc(O)c(C(=O)O)c2O. The summed E-state index contributed by atoms with van der Waals surface area (Å²) in [4.78, 5) is 35.5. The third-order valence-electron chi connectivity index (χ3n) is 4.04. The summed E-state index contributed by atoms with van der Waals surface area (Å²) in [5, 5.41) is 28.8. The molecule has 0 bridgehead atoms. The van der Waals surface area contributed by atoms with E-state index < -0.39 is 46.1 Å². The molecule has 0 aliphatic carbocycles. The summed E-state index contributed by atoms with van der Waals surface area (Å²) in [6.07, 6.45) is 0.520. The summed E-state index contributed by atoms with van der Waals surface area (Å²) in [6.45, 7) is 4.83. The topological polar surface area (TPSA) is 121 Å². The third-order valence-corrected chi connectivity index (χ3v) is 4.04. The van der Waals surface area contributed by atoms with Crippen LogP contribution in [0.5, 0.6) is 11.5 Å². The van der Waals surface area contributed by atoms with Crippen LogP contribution in [0.3, 0.4) is 0 Å². The number of aromatic hydroxyl groups is 2. The van der Waals surface area contributed by atoms with Gasteiger partial charge in [0.1, 0.15) is 22.6 Å². The predicted octanol–water partition coefficient (Wildman–Crippen LogP) is 1.80. The van der Waals surface area contributed by atoms with Gasteiger partial charge in [-0.2, -0.15) is 0 Å². The lowest BCUT2D eigenvalue weighted by Gasteiger charge is -2.25. The van der Waals surface area contributed by atoms with Gasteiger partial charge in [0.15, 0.2) is 11.4 Å². The standard InChI is InChI=1S/C15H16O7/c1-4-6(2)12(18)15(3)7-5-8(16)10(13(19)20)11(17)9(7)14(21)22-15/h5-6,16-17H,4H2,1-3H3,(H,19,20)/t6-,15-/m1/s1. The number of carbonyl (C=O) groups excluding carboxylic acids is 2. The molecule has 2 atom stereocenters. The molecule has 0 aromatic heterocycles. The number of esters is 1. The third kappa shape index (κ3) is 2.01. The largest absolute Gasteiger partial charge is 0.507 e. The van der Waals surface area contributed by atoms with Crippen molar-refractivity contribution in [1.29, 1.82) is 0 Å². The van der Waals surface area contributed by atoms with E-state index in [0.29, 0.717) is 6.42 Å². The predicted molar refractivity (Wildman–Crippen MR) is 74.0 cm³/mol. The van der Waals surface area contributed by atoms with Gasteiger partial charge in [0.25, 0.3) is 0 Å². The van der Waals surface area contributed by atoms with E-state index in [1.54, 1.807) is 13.8 Å². The van der Waals surface area contributed by atoms with Crippen LogP contribution in [0.4, 0.5) is 0 Å². The first-order chi connectivity index (χ1) is 10.1. The van der Waals surface area contributed by atoms with E-state index in [1.807, 2.05) is 0 Å². The Balaban J connectivity index is 2.72. The van der Waals surface area contributed by atoms with Crippen LogP contribution in [0.1, 0.15) is 53.5 Å². The van der Waals surface area contributed by atoms with Gasteiger partial charge in [0, 0.05) is 11.5 Å². The number of carboxylic acid groups (broad SMARTS) is 1. The Kier molecular flexibility index (Phi) is 3.60. The minimum absolute atomic E-state index is 0.0252. The molecule has 0 spiro atoms. The molecule has 1 aromatic rings. The lowest BCUT2D eigenvalue weighted by Crippen LogP contribution is -2.36. The highest BCUT2D eigenvalue weighted by Crippen LogP contribution is 2.46. The maximum absolute atomic E-state index is 12.5. The Hall–Kier alpha value is -2.57. The van der Waals surface area contributed by atoms with E-state index in [4.69, 9.17) is 9.84 Å². The van der Waals surface area contributed by atoms with Gasteiger partial charge in [-0.3, -0.25) is 4.79 Å². The first kappa shape index (κ1) is 15.8. The Bertz CT molecular complexity index is 692. The Morgan fingerprint density at radius 2 is 1.95 bits per heavy atom. The molecule has 0 unspecified atom stereocenters. The second kappa shape index (κ2) is 5.01.